The molecule has 3 heterocycles. The Morgan fingerprint density at radius 1 is 1.13 bits per heavy atom. The van der Waals surface area contributed by atoms with Crippen LogP contribution in [0, 0.1) is 0 Å². The molecule has 6 heteroatoms. The van der Waals surface area contributed by atoms with Crippen molar-refractivity contribution in [1.29, 1.82) is 0 Å². The van der Waals surface area contributed by atoms with Crippen molar-refractivity contribution in [1.82, 2.24) is 15.1 Å². The van der Waals surface area contributed by atoms with Crippen LogP contribution in [0.25, 0.3) is 33.4 Å². The molecule has 1 aromatic carbocycles. The number of nitrogens with two attached hydrogens (primary N) is 1. The maximum absolute atomic E-state index is 11.5. The molecule has 0 radical (unpaired) electrons. The number of aromatic amines is 1. The van der Waals surface area contributed by atoms with E-state index in [1.165, 1.54) is 6.26 Å². The zero-order chi connectivity index (χ0) is 15.8. The number of pyridine rings is 1. The summed E-state index contributed by atoms with van der Waals surface area (Å²) in [6.45, 7) is 0. The van der Waals surface area contributed by atoms with E-state index in [2.05, 4.69) is 15.1 Å². The fourth-order valence-corrected chi connectivity index (χ4v) is 2.61. The van der Waals surface area contributed by atoms with Crippen LogP contribution in [0.3, 0.4) is 0 Å². The van der Waals surface area contributed by atoms with Crippen molar-refractivity contribution in [3.8, 4) is 22.4 Å². The number of H-pyrrole nitrogens is 1. The van der Waals surface area contributed by atoms with Crippen molar-refractivity contribution in [2.24, 2.45) is 5.73 Å². The van der Waals surface area contributed by atoms with Crippen LogP contribution in [0.15, 0.2) is 59.4 Å². The van der Waals surface area contributed by atoms with Gasteiger partial charge in [-0.15, -0.1) is 0 Å². The van der Waals surface area contributed by atoms with E-state index in [0.29, 0.717) is 5.65 Å². The van der Waals surface area contributed by atoms with Crippen molar-refractivity contribution in [3.63, 3.8) is 0 Å². The fourth-order valence-electron chi connectivity index (χ4n) is 2.61. The van der Waals surface area contributed by atoms with Gasteiger partial charge >= 0.3 is 0 Å². The van der Waals surface area contributed by atoms with Crippen molar-refractivity contribution in [2.75, 3.05) is 0 Å². The van der Waals surface area contributed by atoms with Crippen molar-refractivity contribution in [3.05, 3.63) is 60.6 Å². The molecule has 0 spiro atoms. The molecule has 0 bridgehead atoms. The second-order valence-electron chi connectivity index (χ2n) is 5.12. The Bertz CT molecular complexity index is 1000. The zero-order valence-corrected chi connectivity index (χ0v) is 12.0. The maximum atomic E-state index is 11.5. The molecule has 0 unspecified atom stereocenters. The molecule has 0 atom stereocenters. The first-order chi connectivity index (χ1) is 11.2. The highest BCUT2D eigenvalue weighted by atomic mass is 16.5. The minimum atomic E-state index is -0.560. The first-order valence-electron chi connectivity index (χ1n) is 7.01. The molecule has 4 aromatic rings. The van der Waals surface area contributed by atoms with Crippen molar-refractivity contribution in [2.45, 2.75) is 0 Å². The summed E-state index contributed by atoms with van der Waals surface area (Å²) in [5.41, 5.74) is 9.75. The lowest BCUT2D eigenvalue weighted by Crippen LogP contribution is -2.13. The van der Waals surface area contributed by atoms with Gasteiger partial charge < -0.3 is 15.2 Å². The second-order valence-corrected chi connectivity index (χ2v) is 5.12. The van der Waals surface area contributed by atoms with Gasteiger partial charge in [0.15, 0.2) is 0 Å². The number of nitrogens with one attached hydrogen (secondary N) is 1. The zero-order valence-electron chi connectivity index (χ0n) is 12.0. The number of nitrogens with zero attached hydrogens (tertiary/aromatic N) is 2. The predicted octanol–water partition coefficient (Wildman–Crippen LogP) is 2.98. The highest BCUT2D eigenvalue weighted by Crippen LogP contribution is 2.31. The Balaban J connectivity index is 1.94. The monoisotopic (exact) mass is 304 g/mol. The van der Waals surface area contributed by atoms with E-state index in [-0.39, 0.29) is 5.69 Å². The average molecular weight is 304 g/mol. The Morgan fingerprint density at radius 3 is 2.78 bits per heavy atom. The van der Waals surface area contributed by atoms with Crippen LogP contribution in [0.4, 0.5) is 0 Å². The average Bonchev–Trinajstić information content (AvgIpc) is 3.25. The number of hydrogen-bond acceptors (Lipinski definition) is 4. The maximum Gasteiger partial charge on any atom is 0.267 e. The highest BCUT2D eigenvalue weighted by Gasteiger charge is 2.13. The minimum absolute atomic E-state index is 0.224. The molecule has 0 fully saturated rings. The third-order valence-electron chi connectivity index (χ3n) is 3.69. The Kier molecular flexibility index (Phi) is 2.94. The van der Waals surface area contributed by atoms with Crippen LogP contribution >= 0.6 is 0 Å². The first kappa shape index (κ1) is 13.3. The second kappa shape index (κ2) is 5.10. The summed E-state index contributed by atoms with van der Waals surface area (Å²) in [5, 5.41) is 4.88. The molecular weight excluding hydrogens is 292 g/mol. The molecule has 0 aliphatic heterocycles. The molecule has 0 saturated heterocycles. The van der Waals surface area contributed by atoms with Gasteiger partial charge in [0.1, 0.15) is 23.3 Å². The molecule has 0 aliphatic rings. The lowest BCUT2D eigenvalue weighted by Gasteiger charge is -2.07. The topological polar surface area (TPSA) is 97.8 Å². The largest absolute Gasteiger partial charge is 0.364 e. The normalized spacial score (nSPS) is 11.0. The van der Waals surface area contributed by atoms with Crippen LogP contribution in [-0.2, 0) is 0 Å². The van der Waals surface area contributed by atoms with Crippen molar-refractivity contribution >= 4 is 16.9 Å². The number of primary amides is 1. The summed E-state index contributed by atoms with van der Waals surface area (Å²) >= 11 is 0. The van der Waals surface area contributed by atoms with Crippen LogP contribution < -0.4 is 5.73 Å². The van der Waals surface area contributed by atoms with E-state index in [0.717, 1.165) is 27.8 Å². The fraction of sp³-hybridized carbons (Fsp3) is 0. The van der Waals surface area contributed by atoms with Gasteiger partial charge in [0.05, 0.1) is 0 Å². The quantitative estimate of drug-likeness (QED) is 0.608. The van der Waals surface area contributed by atoms with Gasteiger partial charge in [-0.2, -0.15) is 0 Å². The smallest absolute Gasteiger partial charge is 0.267 e. The van der Waals surface area contributed by atoms with Gasteiger partial charge in [0, 0.05) is 23.2 Å². The van der Waals surface area contributed by atoms with Gasteiger partial charge in [0.2, 0.25) is 0 Å². The Morgan fingerprint density at radius 2 is 2.00 bits per heavy atom. The SMILES string of the molecule is NC(=O)c1cc(-c2cccc(-c3ccon3)c2)c2cc[nH]c2n1. The van der Waals surface area contributed by atoms with Crippen LogP contribution in [0.5, 0.6) is 0 Å². The number of carbonyl (C=O) groups is 1. The lowest BCUT2D eigenvalue weighted by atomic mass is 9.99. The molecule has 0 saturated carbocycles. The Labute approximate surface area is 130 Å². The third-order valence-corrected chi connectivity index (χ3v) is 3.69. The van der Waals surface area contributed by atoms with E-state index >= 15 is 0 Å². The van der Waals surface area contributed by atoms with E-state index < -0.39 is 5.91 Å². The van der Waals surface area contributed by atoms with E-state index in [9.17, 15) is 4.79 Å². The number of carbonyl (C=O) groups excluding carboxylic acids is 1. The number of benzene rings is 1. The molecule has 4 rings (SSSR count). The van der Waals surface area contributed by atoms with Crippen LogP contribution in [-0.4, -0.2) is 21.0 Å². The molecule has 23 heavy (non-hydrogen) atoms. The van der Waals surface area contributed by atoms with E-state index in [4.69, 9.17) is 10.3 Å². The number of aromatic nitrogens is 3. The molecule has 6 nitrogen and oxygen atoms in total. The van der Waals surface area contributed by atoms with Gasteiger partial charge in [0.25, 0.3) is 5.91 Å². The summed E-state index contributed by atoms with van der Waals surface area (Å²) in [6.07, 6.45) is 3.32. The van der Waals surface area contributed by atoms with Gasteiger partial charge in [-0.25, -0.2) is 4.98 Å². The summed E-state index contributed by atoms with van der Waals surface area (Å²) in [5.74, 6) is -0.560. The standard InChI is InChI=1S/C17H12N4O2/c18-16(22)15-9-13(12-4-6-19-17(12)20-15)10-2-1-3-11(8-10)14-5-7-23-21-14/h1-9H,(H2,18,22)(H,19,20). The molecule has 3 N–H and O–H groups in total. The van der Waals surface area contributed by atoms with Crippen LogP contribution in [0.1, 0.15) is 10.5 Å². The minimum Gasteiger partial charge on any atom is -0.364 e. The summed E-state index contributed by atoms with van der Waals surface area (Å²) in [7, 11) is 0. The molecule has 112 valence electrons. The molecular formula is C17H12N4O2. The summed E-state index contributed by atoms with van der Waals surface area (Å²) < 4.78 is 4.90. The first-order valence-corrected chi connectivity index (χ1v) is 7.01. The van der Waals surface area contributed by atoms with Gasteiger partial charge in [-0.1, -0.05) is 23.4 Å². The molecule has 3 aromatic heterocycles. The van der Waals surface area contributed by atoms with Crippen molar-refractivity contribution < 1.29 is 9.32 Å². The summed E-state index contributed by atoms with van der Waals surface area (Å²) in [6, 6.07) is 13.3. The summed E-state index contributed by atoms with van der Waals surface area (Å²) in [4.78, 5) is 18.8. The lowest BCUT2D eigenvalue weighted by molar-refractivity contribution is 0.0996. The van der Waals surface area contributed by atoms with Gasteiger partial charge in [-0.3, -0.25) is 4.79 Å². The third kappa shape index (κ3) is 2.26. The number of rotatable bonds is 3. The number of amides is 1. The molecule has 1 amide bonds. The Hall–Kier alpha value is -3.41. The number of hydrogen-bond donors (Lipinski definition) is 2. The molecule has 0 aliphatic carbocycles. The predicted molar refractivity (Wildman–Crippen MR) is 85.5 cm³/mol. The van der Waals surface area contributed by atoms with E-state index in [1.807, 2.05) is 30.3 Å². The highest BCUT2D eigenvalue weighted by molar-refractivity contribution is 6.00. The van der Waals surface area contributed by atoms with Crippen LogP contribution in [0.2, 0.25) is 0 Å². The van der Waals surface area contributed by atoms with E-state index in [1.54, 1.807) is 18.3 Å². The number of fused-ring (bicyclic) bond motifs is 1. The van der Waals surface area contributed by atoms with Gasteiger partial charge in [-0.05, 0) is 29.3 Å².